The predicted octanol–water partition coefficient (Wildman–Crippen LogP) is 0.790. The lowest BCUT2D eigenvalue weighted by molar-refractivity contribution is -0.136. The fraction of sp³-hybridized carbons (Fsp3) is 0.524. The van der Waals surface area contributed by atoms with Crippen molar-refractivity contribution in [1.82, 2.24) is 15.1 Å². The van der Waals surface area contributed by atoms with Gasteiger partial charge in [-0.1, -0.05) is 12.5 Å². The highest BCUT2D eigenvalue weighted by Gasteiger charge is 2.44. The summed E-state index contributed by atoms with van der Waals surface area (Å²) in [6.07, 6.45) is 4.53. The van der Waals surface area contributed by atoms with Crippen LogP contribution >= 0.6 is 0 Å². The van der Waals surface area contributed by atoms with E-state index in [4.69, 9.17) is 5.73 Å². The van der Waals surface area contributed by atoms with Crippen molar-refractivity contribution in [1.29, 1.82) is 0 Å². The zero-order chi connectivity index (χ0) is 20.7. The third kappa shape index (κ3) is 3.70. The molecule has 4 rings (SSSR count). The van der Waals surface area contributed by atoms with E-state index >= 15 is 0 Å². The van der Waals surface area contributed by atoms with Gasteiger partial charge in [-0.3, -0.25) is 34.3 Å². The van der Waals surface area contributed by atoms with Gasteiger partial charge in [0.25, 0.3) is 11.8 Å². The number of benzene rings is 1. The fourth-order valence-corrected chi connectivity index (χ4v) is 4.63. The van der Waals surface area contributed by atoms with Gasteiger partial charge in [-0.25, -0.2) is 0 Å². The highest BCUT2D eigenvalue weighted by Crippen LogP contribution is 2.29. The molecule has 3 atom stereocenters. The highest BCUT2D eigenvalue weighted by molar-refractivity contribution is 6.23. The van der Waals surface area contributed by atoms with Gasteiger partial charge in [0.2, 0.25) is 11.8 Å². The molecule has 1 saturated carbocycles. The summed E-state index contributed by atoms with van der Waals surface area (Å²) in [5.74, 6) is -1.92. The van der Waals surface area contributed by atoms with Crippen molar-refractivity contribution in [2.75, 3.05) is 7.05 Å². The molecule has 1 saturated heterocycles. The first-order valence-electron chi connectivity index (χ1n) is 10.2. The van der Waals surface area contributed by atoms with E-state index < -0.39 is 23.8 Å². The number of nitrogens with one attached hydrogen (secondary N) is 1. The number of imide groups is 2. The topological polar surface area (TPSA) is 113 Å². The predicted molar refractivity (Wildman–Crippen MR) is 105 cm³/mol. The third-order valence-corrected chi connectivity index (χ3v) is 6.25. The van der Waals surface area contributed by atoms with Crippen LogP contribution < -0.4 is 11.1 Å². The number of nitrogens with two attached hydrogens (primary N) is 1. The first-order valence-corrected chi connectivity index (χ1v) is 10.2. The molecule has 4 amide bonds. The van der Waals surface area contributed by atoms with Crippen LogP contribution in [0.5, 0.6) is 0 Å². The summed E-state index contributed by atoms with van der Waals surface area (Å²) >= 11 is 0. The summed E-state index contributed by atoms with van der Waals surface area (Å²) in [5.41, 5.74) is 7.68. The molecule has 0 aromatic heterocycles. The summed E-state index contributed by atoms with van der Waals surface area (Å²) in [4.78, 5) is 52.5. The quantitative estimate of drug-likeness (QED) is 0.725. The first kappa shape index (κ1) is 19.7. The normalized spacial score (nSPS) is 27.4. The van der Waals surface area contributed by atoms with E-state index in [-0.39, 0.29) is 24.8 Å². The Balaban J connectivity index is 1.51. The summed E-state index contributed by atoms with van der Waals surface area (Å²) in [5, 5.41) is 2.21. The van der Waals surface area contributed by atoms with Crippen LogP contribution in [0.4, 0.5) is 0 Å². The minimum Gasteiger partial charge on any atom is -0.328 e. The van der Waals surface area contributed by atoms with Crippen LogP contribution in [0, 0.1) is 0 Å². The van der Waals surface area contributed by atoms with Crippen LogP contribution in [0.2, 0.25) is 0 Å². The molecule has 3 aliphatic rings. The van der Waals surface area contributed by atoms with Gasteiger partial charge in [0, 0.05) is 25.0 Å². The molecule has 154 valence electrons. The van der Waals surface area contributed by atoms with E-state index in [1.165, 1.54) is 0 Å². The molecule has 3 N–H and O–H groups in total. The van der Waals surface area contributed by atoms with Crippen LogP contribution in [0.15, 0.2) is 18.2 Å². The molecule has 0 spiro atoms. The van der Waals surface area contributed by atoms with Crippen LogP contribution in [0.3, 0.4) is 0 Å². The summed E-state index contributed by atoms with van der Waals surface area (Å²) in [6.45, 7) is 0.657. The van der Waals surface area contributed by atoms with Crippen LogP contribution in [0.1, 0.15) is 64.8 Å². The summed E-state index contributed by atoms with van der Waals surface area (Å²) in [6, 6.07) is 4.98. The second-order valence-electron chi connectivity index (χ2n) is 8.32. The zero-order valence-electron chi connectivity index (χ0n) is 16.5. The van der Waals surface area contributed by atoms with Crippen LogP contribution in [-0.2, 0) is 16.1 Å². The van der Waals surface area contributed by atoms with E-state index in [1.54, 1.807) is 12.1 Å². The molecule has 0 radical (unpaired) electrons. The monoisotopic (exact) mass is 398 g/mol. The molecule has 1 aliphatic carbocycles. The molecule has 8 heteroatoms. The van der Waals surface area contributed by atoms with E-state index in [0.717, 1.165) is 36.1 Å². The molecule has 0 bridgehead atoms. The number of hydrogen-bond acceptors (Lipinski definition) is 6. The van der Waals surface area contributed by atoms with E-state index in [0.29, 0.717) is 23.7 Å². The smallest absolute Gasteiger partial charge is 0.262 e. The third-order valence-electron chi connectivity index (χ3n) is 6.25. The maximum atomic E-state index is 12.9. The Morgan fingerprint density at radius 3 is 2.59 bits per heavy atom. The molecule has 8 nitrogen and oxygen atoms in total. The number of carbonyl (C=O) groups is 4. The Labute approximate surface area is 169 Å². The summed E-state index contributed by atoms with van der Waals surface area (Å²) < 4.78 is 0. The molecule has 29 heavy (non-hydrogen) atoms. The van der Waals surface area contributed by atoms with E-state index in [2.05, 4.69) is 17.3 Å². The van der Waals surface area contributed by atoms with Gasteiger partial charge in [-0.2, -0.15) is 0 Å². The number of rotatable bonds is 4. The Kier molecular flexibility index (Phi) is 5.23. The molecule has 2 aliphatic heterocycles. The average molecular weight is 398 g/mol. The molecule has 1 aromatic rings. The molecule has 2 heterocycles. The van der Waals surface area contributed by atoms with Crippen molar-refractivity contribution in [3.05, 3.63) is 34.9 Å². The van der Waals surface area contributed by atoms with Crippen molar-refractivity contribution >= 4 is 23.6 Å². The maximum absolute atomic E-state index is 12.9. The molecular formula is C21H26N4O4. The Morgan fingerprint density at radius 1 is 1.10 bits per heavy atom. The Bertz CT molecular complexity index is 883. The number of fused-ring (bicyclic) bond motifs is 1. The minimum atomic E-state index is -0.935. The van der Waals surface area contributed by atoms with Gasteiger partial charge < -0.3 is 5.73 Å². The number of piperidine rings is 1. The van der Waals surface area contributed by atoms with E-state index in [1.807, 2.05) is 6.07 Å². The number of amides is 4. The van der Waals surface area contributed by atoms with Gasteiger partial charge in [0.05, 0.1) is 11.1 Å². The number of carbonyl (C=O) groups excluding carboxylic acids is 4. The average Bonchev–Trinajstić information content (AvgIpc) is 2.92. The standard InChI is InChI=1S/C21H26N4O4/c1-24(14-4-2-3-13(22)10-14)11-12-5-6-15-16(9-12)21(29)25(20(15)28)17-7-8-18(26)23-19(17)27/h5-6,9,13-14,17H,2-4,7-8,10-11,22H2,1H3,(H,23,26,27). The van der Waals surface area contributed by atoms with Gasteiger partial charge >= 0.3 is 0 Å². The fourth-order valence-electron chi connectivity index (χ4n) is 4.63. The summed E-state index contributed by atoms with van der Waals surface area (Å²) in [7, 11) is 2.05. The van der Waals surface area contributed by atoms with Crippen molar-refractivity contribution in [2.24, 2.45) is 5.73 Å². The number of nitrogens with zero attached hydrogens (tertiary/aromatic N) is 2. The van der Waals surface area contributed by atoms with Crippen molar-refractivity contribution < 1.29 is 19.2 Å². The van der Waals surface area contributed by atoms with E-state index in [9.17, 15) is 19.2 Å². The lowest BCUT2D eigenvalue weighted by Crippen LogP contribution is -2.54. The van der Waals surface area contributed by atoms with Crippen molar-refractivity contribution in [3.63, 3.8) is 0 Å². The zero-order valence-corrected chi connectivity index (χ0v) is 16.5. The lowest BCUT2D eigenvalue weighted by atomic mass is 9.90. The molecule has 2 fully saturated rings. The molecule has 1 aromatic carbocycles. The Hall–Kier alpha value is -2.58. The second-order valence-corrected chi connectivity index (χ2v) is 8.32. The van der Waals surface area contributed by atoms with Crippen LogP contribution in [-0.4, -0.2) is 58.6 Å². The van der Waals surface area contributed by atoms with Gasteiger partial charge in [-0.15, -0.1) is 0 Å². The van der Waals surface area contributed by atoms with Crippen molar-refractivity contribution in [3.8, 4) is 0 Å². The molecular weight excluding hydrogens is 372 g/mol. The first-order chi connectivity index (χ1) is 13.8. The Morgan fingerprint density at radius 2 is 1.86 bits per heavy atom. The SMILES string of the molecule is CN(Cc1ccc2c(c1)C(=O)N(C1CCC(=O)NC1=O)C2=O)C1CCCC(N)C1. The molecule has 3 unspecified atom stereocenters. The number of hydrogen-bond donors (Lipinski definition) is 2. The van der Waals surface area contributed by atoms with Crippen LogP contribution in [0.25, 0.3) is 0 Å². The van der Waals surface area contributed by atoms with Crippen molar-refractivity contribution in [2.45, 2.75) is 63.2 Å². The maximum Gasteiger partial charge on any atom is 0.262 e. The lowest BCUT2D eigenvalue weighted by Gasteiger charge is -2.34. The highest BCUT2D eigenvalue weighted by atomic mass is 16.2. The minimum absolute atomic E-state index is 0.114. The van der Waals surface area contributed by atoms with Gasteiger partial charge in [0.1, 0.15) is 6.04 Å². The van der Waals surface area contributed by atoms with Gasteiger partial charge in [0.15, 0.2) is 0 Å². The largest absolute Gasteiger partial charge is 0.328 e. The van der Waals surface area contributed by atoms with Gasteiger partial charge in [-0.05, 0) is 50.4 Å². The second kappa shape index (κ2) is 7.68.